The van der Waals surface area contributed by atoms with Crippen LogP contribution in [0.2, 0.25) is 0 Å². The van der Waals surface area contributed by atoms with Gasteiger partial charge in [-0.05, 0) is 17.7 Å². The Morgan fingerprint density at radius 2 is 1.89 bits per heavy atom. The quantitative estimate of drug-likeness (QED) is 0.932. The molecule has 4 nitrogen and oxygen atoms in total. The summed E-state index contributed by atoms with van der Waals surface area (Å²) in [6, 6.07) is 5.87. The van der Waals surface area contributed by atoms with E-state index in [1.54, 1.807) is 12.1 Å². The molecule has 7 heteroatoms. The molecule has 100 valence electrons. The fourth-order valence-corrected chi connectivity index (χ4v) is 1.54. The molecule has 0 aliphatic rings. The molecule has 0 aliphatic heterocycles. The number of halogens is 3. The molecule has 0 saturated heterocycles. The van der Waals surface area contributed by atoms with Gasteiger partial charge in [0.25, 0.3) is 0 Å². The lowest BCUT2D eigenvalue weighted by Gasteiger charge is -2.03. The minimum atomic E-state index is -4.41. The number of carbonyl (C=O) groups is 1. The van der Waals surface area contributed by atoms with Crippen molar-refractivity contribution in [2.45, 2.75) is 12.7 Å². The molecule has 0 aliphatic carbocycles. The predicted molar refractivity (Wildman–Crippen MR) is 59.7 cm³/mol. The molecule has 1 N–H and O–H groups in total. The molecular formula is C12H9F3N2O2. The first-order chi connectivity index (χ1) is 8.86. The van der Waals surface area contributed by atoms with Gasteiger partial charge in [-0.3, -0.25) is 4.68 Å². The van der Waals surface area contributed by atoms with E-state index in [0.29, 0.717) is 5.56 Å². The normalized spacial score (nSPS) is 11.5. The van der Waals surface area contributed by atoms with E-state index in [9.17, 15) is 18.0 Å². The Balaban J connectivity index is 2.13. The standard InChI is InChI=1S/C12H9F3N2O2/c13-12(14,15)10-5-16-17(7-10)6-8-1-3-9(4-2-8)11(18)19/h1-5,7H,6H2,(H,18,19). The third-order valence-corrected chi connectivity index (χ3v) is 2.51. The van der Waals surface area contributed by atoms with Crippen LogP contribution < -0.4 is 0 Å². The lowest BCUT2D eigenvalue weighted by atomic mass is 10.1. The molecule has 2 aromatic rings. The molecule has 0 fully saturated rings. The van der Waals surface area contributed by atoms with Gasteiger partial charge in [0, 0.05) is 6.20 Å². The summed E-state index contributed by atoms with van der Waals surface area (Å²) < 4.78 is 38.2. The highest BCUT2D eigenvalue weighted by Crippen LogP contribution is 2.28. The second-order valence-electron chi connectivity index (χ2n) is 3.93. The van der Waals surface area contributed by atoms with E-state index in [1.165, 1.54) is 12.1 Å². The van der Waals surface area contributed by atoms with E-state index < -0.39 is 17.7 Å². The number of carboxylic acids is 1. The van der Waals surface area contributed by atoms with Crippen LogP contribution in [-0.2, 0) is 12.7 Å². The van der Waals surface area contributed by atoms with Crippen molar-refractivity contribution in [2.24, 2.45) is 0 Å². The van der Waals surface area contributed by atoms with Crippen LogP contribution in [0.3, 0.4) is 0 Å². The van der Waals surface area contributed by atoms with E-state index in [0.717, 1.165) is 17.1 Å². The van der Waals surface area contributed by atoms with Gasteiger partial charge in [-0.2, -0.15) is 18.3 Å². The average Bonchev–Trinajstić information content (AvgIpc) is 2.78. The number of benzene rings is 1. The number of hydrogen-bond donors (Lipinski definition) is 1. The van der Waals surface area contributed by atoms with Gasteiger partial charge in [-0.15, -0.1) is 0 Å². The van der Waals surface area contributed by atoms with Gasteiger partial charge in [0.1, 0.15) is 0 Å². The van der Waals surface area contributed by atoms with Crippen LogP contribution in [0.5, 0.6) is 0 Å². The van der Waals surface area contributed by atoms with Crippen LogP contribution in [0.4, 0.5) is 13.2 Å². The van der Waals surface area contributed by atoms with E-state index in [2.05, 4.69) is 5.10 Å². The first-order valence-corrected chi connectivity index (χ1v) is 5.28. The number of aromatic carboxylic acids is 1. The number of rotatable bonds is 3. The van der Waals surface area contributed by atoms with Crippen molar-refractivity contribution in [1.29, 1.82) is 0 Å². The fourth-order valence-electron chi connectivity index (χ4n) is 1.54. The van der Waals surface area contributed by atoms with Crippen LogP contribution in [0.15, 0.2) is 36.7 Å². The molecular weight excluding hydrogens is 261 g/mol. The topological polar surface area (TPSA) is 55.1 Å². The summed E-state index contributed by atoms with van der Waals surface area (Å²) in [4.78, 5) is 10.6. The smallest absolute Gasteiger partial charge is 0.419 e. The summed E-state index contributed by atoms with van der Waals surface area (Å²) in [7, 11) is 0. The van der Waals surface area contributed by atoms with Crippen LogP contribution in [-0.4, -0.2) is 20.9 Å². The van der Waals surface area contributed by atoms with Gasteiger partial charge < -0.3 is 5.11 Å². The molecule has 0 bridgehead atoms. The van der Waals surface area contributed by atoms with Crippen molar-refractivity contribution >= 4 is 5.97 Å². The van der Waals surface area contributed by atoms with Gasteiger partial charge in [-0.1, -0.05) is 12.1 Å². The minimum absolute atomic E-state index is 0.125. The Labute approximate surface area is 106 Å². The van der Waals surface area contributed by atoms with Crippen molar-refractivity contribution in [3.05, 3.63) is 53.3 Å². The highest BCUT2D eigenvalue weighted by molar-refractivity contribution is 5.87. The molecule has 1 aromatic heterocycles. The van der Waals surface area contributed by atoms with Gasteiger partial charge in [0.15, 0.2) is 0 Å². The predicted octanol–water partition coefficient (Wildman–Crippen LogP) is 2.65. The summed E-state index contributed by atoms with van der Waals surface area (Å²) in [5, 5.41) is 12.3. The third-order valence-electron chi connectivity index (χ3n) is 2.51. The molecule has 2 rings (SSSR count). The maximum absolute atomic E-state index is 12.4. The van der Waals surface area contributed by atoms with Crippen molar-refractivity contribution < 1.29 is 23.1 Å². The first-order valence-electron chi connectivity index (χ1n) is 5.28. The average molecular weight is 270 g/mol. The lowest BCUT2D eigenvalue weighted by molar-refractivity contribution is -0.137. The SMILES string of the molecule is O=C(O)c1ccc(Cn2cc(C(F)(F)F)cn2)cc1. The second-order valence-corrected chi connectivity index (χ2v) is 3.93. The second kappa shape index (κ2) is 4.75. The summed E-state index contributed by atoms with van der Waals surface area (Å²) in [6.07, 6.45) is -2.75. The molecule has 1 heterocycles. The fraction of sp³-hybridized carbons (Fsp3) is 0.167. The van der Waals surface area contributed by atoms with E-state index in [4.69, 9.17) is 5.11 Å². The maximum atomic E-state index is 12.4. The zero-order chi connectivity index (χ0) is 14.0. The number of aromatic nitrogens is 2. The summed E-state index contributed by atoms with van der Waals surface area (Å²) in [5.41, 5.74) is -0.0170. The molecule has 0 unspecified atom stereocenters. The lowest BCUT2D eigenvalue weighted by Crippen LogP contribution is -2.04. The highest BCUT2D eigenvalue weighted by Gasteiger charge is 2.32. The highest BCUT2D eigenvalue weighted by atomic mass is 19.4. The Bertz CT molecular complexity index is 588. The molecule has 0 atom stereocenters. The van der Waals surface area contributed by atoms with E-state index >= 15 is 0 Å². The zero-order valence-electron chi connectivity index (χ0n) is 9.55. The Kier molecular flexibility index (Phi) is 3.28. The van der Waals surface area contributed by atoms with Gasteiger partial charge in [0.2, 0.25) is 0 Å². The molecule has 0 saturated carbocycles. The van der Waals surface area contributed by atoms with Gasteiger partial charge >= 0.3 is 12.1 Å². The Hall–Kier alpha value is -2.31. The van der Waals surface area contributed by atoms with Crippen LogP contribution in [0.25, 0.3) is 0 Å². The molecule has 0 amide bonds. The maximum Gasteiger partial charge on any atom is 0.419 e. The van der Waals surface area contributed by atoms with Crippen LogP contribution in [0, 0.1) is 0 Å². The number of hydrogen-bond acceptors (Lipinski definition) is 2. The summed E-state index contributed by atoms with van der Waals surface area (Å²) in [5.74, 6) is -1.05. The number of nitrogens with zero attached hydrogens (tertiary/aromatic N) is 2. The number of carboxylic acid groups (broad SMARTS) is 1. The Morgan fingerprint density at radius 3 is 2.37 bits per heavy atom. The van der Waals surface area contributed by atoms with E-state index in [-0.39, 0.29) is 12.1 Å². The molecule has 0 radical (unpaired) electrons. The van der Waals surface area contributed by atoms with Crippen molar-refractivity contribution in [3.63, 3.8) is 0 Å². The van der Waals surface area contributed by atoms with Crippen LogP contribution in [0.1, 0.15) is 21.5 Å². The third kappa shape index (κ3) is 3.12. The minimum Gasteiger partial charge on any atom is -0.478 e. The largest absolute Gasteiger partial charge is 0.478 e. The summed E-state index contributed by atoms with van der Waals surface area (Å²) >= 11 is 0. The number of alkyl halides is 3. The molecule has 19 heavy (non-hydrogen) atoms. The summed E-state index contributed by atoms with van der Waals surface area (Å²) in [6.45, 7) is 0.149. The first kappa shape index (κ1) is 13.1. The monoisotopic (exact) mass is 270 g/mol. The van der Waals surface area contributed by atoms with Crippen LogP contribution >= 0.6 is 0 Å². The van der Waals surface area contributed by atoms with Crippen molar-refractivity contribution in [2.75, 3.05) is 0 Å². The van der Waals surface area contributed by atoms with Gasteiger partial charge in [0.05, 0.1) is 23.9 Å². The molecule has 1 aromatic carbocycles. The Morgan fingerprint density at radius 1 is 1.26 bits per heavy atom. The van der Waals surface area contributed by atoms with E-state index in [1.807, 2.05) is 0 Å². The van der Waals surface area contributed by atoms with Crippen molar-refractivity contribution in [3.8, 4) is 0 Å². The van der Waals surface area contributed by atoms with Gasteiger partial charge in [-0.25, -0.2) is 4.79 Å². The van der Waals surface area contributed by atoms with Crippen molar-refractivity contribution in [1.82, 2.24) is 9.78 Å². The zero-order valence-corrected chi connectivity index (χ0v) is 9.55. The molecule has 0 spiro atoms.